The maximum atomic E-state index is 10.2. The van der Waals surface area contributed by atoms with Gasteiger partial charge in [0.05, 0.1) is 6.07 Å². The molecule has 0 saturated carbocycles. The van der Waals surface area contributed by atoms with Crippen molar-refractivity contribution in [2.24, 2.45) is 0 Å². The monoisotopic (exact) mass is 328 g/mol. The number of hydrogen-bond acceptors (Lipinski definition) is 3. The molecule has 1 aromatic heterocycles. The van der Waals surface area contributed by atoms with E-state index in [0.29, 0.717) is 8.17 Å². The summed E-state index contributed by atoms with van der Waals surface area (Å²) < 4.78 is 1.27. The van der Waals surface area contributed by atoms with Gasteiger partial charge in [0.15, 0.2) is 0 Å². The summed E-state index contributed by atoms with van der Waals surface area (Å²) in [6, 6.07) is 3.07. The molecule has 1 heterocycles. The van der Waals surface area contributed by atoms with E-state index in [-0.39, 0.29) is 5.82 Å². The van der Waals surface area contributed by atoms with E-state index in [1.165, 1.54) is 6.07 Å². The highest BCUT2D eigenvalue weighted by atomic mass is 127. The minimum Gasteiger partial charge on any atom is -0.358 e. The fraction of sp³-hybridized carbons (Fsp3) is 0. The van der Waals surface area contributed by atoms with Crippen molar-refractivity contribution < 1.29 is 4.92 Å². The molecule has 0 unspecified atom stereocenters. The van der Waals surface area contributed by atoms with Crippen LogP contribution in [0.3, 0.4) is 0 Å². The molecule has 0 atom stereocenters. The molecule has 0 amide bonds. The molecular formula is C5H2BrIN2O2. The van der Waals surface area contributed by atoms with E-state index >= 15 is 0 Å². The van der Waals surface area contributed by atoms with Crippen molar-refractivity contribution in [1.29, 1.82) is 0 Å². The number of rotatable bonds is 1. The maximum absolute atomic E-state index is 10.2. The van der Waals surface area contributed by atoms with Gasteiger partial charge < -0.3 is 10.1 Å². The Morgan fingerprint density at radius 1 is 1.64 bits per heavy atom. The van der Waals surface area contributed by atoms with Gasteiger partial charge in [-0.1, -0.05) is 15.9 Å². The summed E-state index contributed by atoms with van der Waals surface area (Å²) in [6.07, 6.45) is 0. The number of nitrogens with zero attached hydrogens (tertiary/aromatic N) is 2. The highest BCUT2D eigenvalue weighted by molar-refractivity contribution is 14.1. The van der Waals surface area contributed by atoms with E-state index in [1.807, 2.05) is 22.6 Å². The molecular weight excluding hydrogens is 327 g/mol. The molecule has 0 aliphatic heterocycles. The lowest BCUT2D eigenvalue weighted by molar-refractivity contribution is -0.389. The van der Waals surface area contributed by atoms with Crippen molar-refractivity contribution in [3.63, 3.8) is 0 Å². The van der Waals surface area contributed by atoms with Crippen molar-refractivity contribution >= 4 is 44.3 Å². The molecule has 58 valence electrons. The van der Waals surface area contributed by atoms with E-state index in [2.05, 4.69) is 20.9 Å². The van der Waals surface area contributed by atoms with Crippen molar-refractivity contribution in [3.05, 3.63) is 30.4 Å². The molecule has 1 aromatic rings. The topological polar surface area (TPSA) is 56.0 Å². The molecule has 0 aliphatic carbocycles. The van der Waals surface area contributed by atoms with Crippen LogP contribution in [0, 0.1) is 13.8 Å². The van der Waals surface area contributed by atoms with E-state index in [1.54, 1.807) is 6.07 Å². The normalized spacial score (nSPS) is 9.64. The van der Waals surface area contributed by atoms with Crippen molar-refractivity contribution in [3.8, 4) is 0 Å². The highest BCUT2D eigenvalue weighted by Gasteiger charge is 2.09. The lowest BCUT2D eigenvalue weighted by Gasteiger charge is -1.92. The van der Waals surface area contributed by atoms with Gasteiger partial charge in [-0.3, -0.25) is 0 Å². The Morgan fingerprint density at radius 3 is 2.73 bits per heavy atom. The molecule has 4 nitrogen and oxygen atoms in total. The minimum atomic E-state index is -0.521. The smallest absolute Gasteiger partial charge is 0.358 e. The SMILES string of the molecule is O=[N+]([O-])c1cc(Br)cc(I)n1. The van der Waals surface area contributed by atoms with Gasteiger partial charge in [-0.05, 0) is 9.91 Å². The summed E-state index contributed by atoms with van der Waals surface area (Å²) in [7, 11) is 0. The van der Waals surface area contributed by atoms with Gasteiger partial charge >= 0.3 is 5.82 Å². The first-order chi connectivity index (χ1) is 5.09. The van der Waals surface area contributed by atoms with E-state index in [4.69, 9.17) is 0 Å². The number of nitro groups is 1. The number of pyridine rings is 1. The van der Waals surface area contributed by atoms with Crippen LogP contribution < -0.4 is 0 Å². The minimum absolute atomic E-state index is 0.135. The maximum Gasteiger partial charge on any atom is 0.365 e. The van der Waals surface area contributed by atoms with Crippen LogP contribution in [0.2, 0.25) is 0 Å². The van der Waals surface area contributed by atoms with Crippen LogP contribution in [0.4, 0.5) is 5.82 Å². The third kappa shape index (κ3) is 2.37. The lowest BCUT2D eigenvalue weighted by atomic mass is 10.5. The molecule has 0 aliphatic rings. The standard InChI is InChI=1S/C5H2BrIN2O2/c6-3-1-4(7)8-5(2-3)9(10)11/h1-2H. The summed E-state index contributed by atoms with van der Waals surface area (Å²) in [5, 5.41) is 10.2. The van der Waals surface area contributed by atoms with Gasteiger partial charge in [0.1, 0.15) is 0 Å². The number of halogens is 2. The average Bonchev–Trinajstić information content (AvgIpc) is 1.85. The van der Waals surface area contributed by atoms with Crippen LogP contribution in [0.5, 0.6) is 0 Å². The Morgan fingerprint density at radius 2 is 2.27 bits per heavy atom. The van der Waals surface area contributed by atoms with Gasteiger partial charge in [0, 0.05) is 33.1 Å². The molecule has 11 heavy (non-hydrogen) atoms. The molecule has 0 spiro atoms. The lowest BCUT2D eigenvalue weighted by Crippen LogP contribution is -1.93. The van der Waals surface area contributed by atoms with Crippen molar-refractivity contribution in [2.45, 2.75) is 0 Å². The van der Waals surface area contributed by atoms with Gasteiger partial charge in [-0.15, -0.1) is 0 Å². The van der Waals surface area contributed by atoms with Crippen LogP contribution in [-0.2, 0) is 0 Å². The summed E-state index contributed by atoms with van der Waals surface area (Å²) >= 11 is 5.05. The first kappa shape index (κ1) is 8.85. The summed E-state index contributed by atoms with van der Waals surface area (Å²) in [5.74, 6) is -0.135. The van der Waals surface area contributed by atoms with Crippen LogP contribution in [0.1, 0.15) is 0 Å². The van der Waals surface area contributed by atoms with Gasteiger partial charge in [-0.2, -0.15) is 0 Å². The highest BCUT2D eigenvalue weighted by Crippen LogP contribution is 2.18. The second-order valence-electron chi connectivity index (χ2n) is 1.72. The predicted octanol–water partition coefficient (Wildman–Crippen LogP) is 2.36. The third-order valence-corrected chi connectivity index (χ3v) is 1.94. The molecule has 0 N–H and O–H groups in total. The average molecular weight is 329 g/mol. The molecule has 0 radical (unpaired) electrons. The first-order valence-electron chi connectivity index (χ1n) is 2.57. The molecule has 0 fully saturated rings. The summed E-state index contributed by atoms with van der Waals surface area (Å²) in [6.45, 7) is 0. The number of aromatic nitrogens is 1. The Bertz CT molecular complexity index is 284. The zero-order valence-electron chi connectivity index (χ0n) is 5.12. The van der Waals surface area contributed by atoms with E-state index in [0.717, 1.165) is 0 Å². The van der Waals surface area contributed by atoms with Crippen LogP contribution in [0.25, 0.3) is 0 Å². The number of hydrogen-bond donors (Lipinski definition) is 0. The third-order valence-electron chi connectivity index (χ3n) is 0.932. The van der Waals surface area contributed by atoms with E-state index < -0.39 is 4.92 Å². The fourth-order valence-electron chi connectivity index (χ4n) is 0.546. The molecule has 0 bridgehead atoms. The van der Waals surface area contributed by atoms with Gasteiger partial charge in [-0.25, -0.2) is 0 Å². The van der Waals surface area contributed by atoms with E-state index in [9.17, 15) is 10.1 Å². The van der Waals surface area contributed by atoms with Crippen LogP contribution in [0.15, 0.2) is 16.6 Å². The predicted molar refractivity (Wildman–Crippen MR) is 51.3 cm³/mol. The Balaban J connectivity index is 3.19. The Labute approximate surface area is 84.4 Å². The zero-order valence-corrected chi connectivity index (χ0v) is 8.87. The Kier molecular flexibility index (Phi) is 2.77. The van der Waals surface area contributed by atoms with Crippen molar-refractivity contribution in [2.75, 3.05) is 0 Å². The second kappa shape index (κ2) is 3.44. The molecule has 0 aromatic carbocycles. The molecule has 6 heteroatoms. The Hall–Kier alpha value is -0.240. The second-order valence-corrected chi connectivity index (χ2v) is 3.74. The molecule has 0 saturated heterocycles. The van der Waals surface area contributed by atoms with Crippen LogP contribution >= 0.6 is 38.5 Å². The van der Waals surface area contributed by atoms with Crippen molar-refractivity contribution in [1.82, 2.24) is 4.98 Å². The first-order valence-corrected chi connectivity index (χ1v) is 4.44. The quantitative estimate of drug-likeness (QED) is 0.344. The van der Waals surface area contributed by atoms with Gasteiger partial charge in [0.25, 0.3) is 0 Å². The van der Waals surface area contributed by atoms with Gasteiger partial charge in [0.2, 0.25) is 3.70 Å². The zero-order chi connectivity index (χ0) is 8.43. The summed E-state index contributed by atoms with van der Waals surface area (Å²) in [4.78, 5) is 13.4. The van der Waals surface area contributed by atoms with Crippen LogP contribution in [-0.4, -0.2) is 9.91 Å². The molecule has 1 rings (SSSR count). The summed E-state index contributed by atoms with van der Waals surface area (Å²) in [5.41, 5.74) is 0. The fourth-order valence-corrected chi connectivity index (χ4v) is 1.98. The largest absolute Gasteiger partial charge is 0.365 e.